The second-order valence-corrected chi connectivity index (χ2v) is 10.0. The summed E-state index contributed by atoms with van der Waals surface area (Å²) in [6, 6.07) is 10.8. The molecule has 0 N–H and O–H groups in total. The Kier molecular flexibility index (Phi) is 5.85. The van der Waals surface area contributed by atoms with Crippen LogP contribution in [0, 0.1) is 6.92 Å². The second-order valence-electron chi connectivity index (χ2n) is 6.31. The van der Waals surface area contributed by atoms with E-state index >= 15 is 0 Å². The van der Waals surface area contributed by atoms with Crippen LogP contribution in [0.4, 0.5) is 13.2 Å². The lowest BCUT2D eigenvalue weighted by Gasteiger charge is -2.13. The Morgan fingerprint density at radius 1 is 1.00 bits per heavy atom. The van der Waals surface area contributed by atoms with Crippen molar-refractivity contribution in [1.82, 2.24) is 4.31 Å². The molecule has 0 amide bonds. The third kappa shape index (κ3) is 3.95. The maximum atomic E-state index is 13.0. The monoisotopic (exact) mass is 433 g/mol. The van der Waals surface area contributed by atoms with Crippen LogP contribution in [0.1, 0.15) is 22.7 Å². The molecule has 2 aromatic carbocycles. The first-order valence-electron chi connectivity index (χ1n) is 8.27. The minimum absolute atomic E-state index is 0.452. The van der Waals surface area contributed by atoms with Gasteiger partial charge in [-0.15, -0.1) is 0 Å². The van der Waals surface area contributed by atoms with Gasteiger partial charge in [-0.3, -0.25) is 4.57 Å². The Morgan fingerprint density at radius 2 is 1.54 bits per heavy atom. The third-order valence-electron chi connectivity index (χ3n) is 4.55. The van der Waals surface area contributed by atoms with Gasteiger partial charge < -0.3 is 9.05 Å². The van der Waals surface area contributed by atoms with Gasteiger partial charge in [-0.1, -0.05) is 29.8 Å². The molecule has 1 heterocycles. The summed E-state index contributed by atoms with van der Waals surface area (Å²) in [6.07, 6.45) is -4.46. The number of hydrogen-bond donors (Lipinski definition) is 0. The smallest absolute Gasteiger partial charge is 0.311 e. The van der Waals surface area contributed by atoms with E-state index in [0.29, 0.717) is 10.5 Å². The molecule has 1 unspecified atom stereocenters. The van der Waals surface area contributed by atoms with Crippen molar-refractivity contribution in [2.24, 2.45) is 0 Å². The summed E-state index contributed by atoms with van der Waals surface area (Å²) in [5, 5.41) is 0. The van der Waals surface area contributed by atoms with Gasteiger partial charge in [0.1, 0.15) is 16.8 Å². The lowest BCUT2D eigenvalue weighted by atomic mass is 10.1. The minimum atomic E-state index is -4.46. The number of nitrogens with zero attached hydrogens (tertiary/aromatic N) is 1. The van der Waals surface area contributed by atoms with Gasteiger partial charge in [-0.05, 0) is 36.8 Å². The van der Waals surface area contributed by atoms with E-state index in [1.165, 1.54) is 30.7 Å². The lowest BCUT2D eigenvalue weighted by Crippen LogP contribution is -2.09. The largest absolute Gasteiger partial charge is 0.416 e. The zero-order chi connectivity index (χ0) is 20.7. The minimum Gasteiger partial charge on any atom is -0.311 e. The Balaban J connectivity index is 1.96. The van der Waals surface area contributed by atoms with Crippen LogP contribution in [-0.4, -0.2) is 28.5 Å². The molecule has 28 heavy (non-hydrogen) atoms. The standard InChI is InChI=1S/C18H19F3NO4PS/c1-12-4-10-15(11-5-12)28(24)22-16(17(22)27(23,25-2)26-3)13-6-8-14(9-7-13)18(19,20)21/h4-11,16-17H,1-3H3/t16-,17+,22?,28+/m1/s1. The van der Waals surface area contributed by atoms with Gasteiger partial charge in [0.15, 0.2) is 0 Å². The highest BCUT2D eigenvalue weighted by atomic mass is 32.2. The van der Waals surface area contributed by atoms with Crippen LogP contribution in [0.5, 0.6) is 0 Å². The Bertz CT molecular complexity index is 910. The first kappa shape index (κ1) is 21.2. The van der Waals surface area contributed by atoms with Crippen molar-refractivity contribution in [2.75, 3.05) is 14.2 Å². The van der Waals surface area contributed by atoms with Gasteiger partial charge in [-0.25, -0.2) is 4.21 Å². The average Bonchev–Trinajstić information content (AvgIpc) is 3.43. The van der Waals surface area contributed by atoms with Crippen molar-refractivity contribution in [3.8, 4) is 0 Å². The van der Waals surface area contributed by atoms with Crippen LogP contribution in [0.25, 0.3) is 0 Å². The zero-order valence-electron chi connectivity index (χ0n) is 15.3. The lowest BCUT2D eigenvalue weighted by molar-refractivity contribution is -0.137. The molecule has 1 fully saturated rings. The molecule has 10 heteroatoms. The third-order valence-corrected chi connectivity index (χ3v) is 8.42. The molecule has 0 radical (unpaired) electrons. The molecule has 152 valence electrons. The molecule has 0 bridgehead atoms. The quantitative estimate of drug-likeness (QED) is 0.480. The van der Waals surface area contributed by atoms with E-state index in [1.54, 1.807) is 24.3 Å². The van der Waals surface area contributed by atoms with Crippen LogP contribution >= 0.6 is 7.60 Å². The molecule has 1 saturated heterocycles. The van der Waals surface area contributed by atoms with Crippen LogP contribution in [0.3, 0.4) is 0 Å². The van der Waals surface area contributed by atoms with Crippen molar-refractivity contribution in [2.45, 2.75) is 29.8 Å². The number of halogens is 3. The molecule has 0 aromatic heterocycles. The highest BCUT2D eigenvalue weighted by molar-refractivity contribution is 7.83. The van der Waals surface area contributed by atoms with E-state index in [-0.39, 0.29) is 0 Å². The summed E-state index contributed by atoms with van der Waals surface area (Å²) < 4.78 is 76.0. The fourth-order valence-electron chi connectivity index (χ4n) is 2.97. The van der Waals surface area contributed by atoms with E-state index < -0.39 is 42.1 Å². The van der Waals surface area contributed by atoms with Gasteiger partial charge in [0.05, 0.1) is 16.5 Å². The maximum Gasteiger partial charge on any atom is 0.416 e. The molecule has 2 aromatic rings. The fourth-order valence-corrected chi connectivity index (χ4v) is 6.56. The molecule has 4 atom stereocenters. The summed E-state index contributed by atoms with van der Waals surface area (Å²) in [7, 11) is -2.88. The van der Waals surface area contributed by atoms with Crippen molar-refractivity contribution < 1.29 is 31.0 Å². The summed E-state index contributed by atoms with van der Waals surface area (Å²) in [6.45, 7) is 1.89. The van der Waals surface area contributed by atoms with E-state index in [9.17, 15) is 21.9 Å². The summed E-state index contributed by atoms with van der Waals surface area (Å²) in [5.41, 5.74) is 0.649. The average molecular weight is 433 g/mol. The molecule has 0 aliphatic carbocycles. The molecule has 5 nitrogen and oxygen atoms in total. The van der Waals surface area contributed by atoms with E-state index in [4.69, 9.17) is 9.05 Å². The van der Waals surface area contributed by atoms with Crippen LogP contribution in [0.15, 0.2) is 53.4 Å². The molecule has 1 aliphatic rings. The first-order valence-corrected chi connectivity index (χ1v) is 11.0. The first-order chi connectivity index (χ1) is 13.1. The second kappa shape index (κ2) is 7.72. The van der Waals surface area contributed by atoms with Crippen molar-refractivity contribution in [1.29, 1.82) is 0 Å². The van der Waals surface area contributed by atoms with Crippen molar-refractivity contribution in [3.05, 3.63) is 65.2 Å². The number of aryl methyl sites for hydroxylation is 1. The van der Waals surface area contributed by atoms with Crippen LogP contribution < -0.4 is 0 Å². The van der Waals surface area contributed by atoms with Gasteiger partial charge in [-0.2, -0.15) is 17.5 Å². The molecular formula is C18H19F3NO4PS. The summed E-state index contributed by atoms with van der Waals surface area (Å²) in [4.78, 5) is 0.490. The van der Waals surface area contributed by atoms with Crippen LogP contribution in [0.2, 0.25) is 0 Å². The number of rotatable bonds is 6. The zero-order valence-corrected chi connectivity index (χ0v) is 17.1. The highest BCUT2D eigenvalue weighted by Gasteiger charge is 2.63. The molecular weight excluding hydrogens is 414 g/mol. The molecule has 0 saturated carbocycles. The topological polar surface area (TPSA) is 55.6 Å². The normalized spacial score (nSPS) is 23.4. The van der Waals surface area contributed by atoms with Crippen molar-refractivity contribution >= 4 is 18.6 Å². The van der Waals surface area contributed by atoms with Crippen LogP contribution in [-0.2, 0) is 30.8 Å². The van der Waals surface area contributed by atoms with Gasteiger partial charge in [0.25, 0.3) is 0 Å². The van der Waals surface area contributed by atoms with E-state index in [1.807, 2.05) is 6.92 Å². The molecule has 0 spiro atoms. The van der Waals surface area contributed by atoms with E-state index in [2.05, 4.69) is 0 Å². The van der Waals surface area contributed by atoms with Gasteiger partial charge in [0, 0.05) is 14.2 Å². The Labute approximate surface area is 163 Å². The number of alkyl halides is 3. The highest BCUT2D eigenvalue weighted by Crippen LogP contribution is 2.68. The predicted molar refractivity (Wildman–Crippen MR) is 99.0 cm³/mol. The maximum absolute atomic E-state index is 13.0. The summed E-state index contributed by atoms with van der Waals surface area (Å²) in [5.74, 6) is -0.860. The fraction of sp³-hybridized carbons (Fsp3) is 0.333. The molecule has 1 aliphatic heterocycles. The Morgan fingerprint density at radius 3 is 2.00 bits per heavy atom. The number of hydrogen-bond acceptors (Lipinski definition) is 4. The molecule has 3 rings (SSSR count). The van der Waals surface area contributed by atoms with Gasteiger partial charge in [0.2, 0.25) is 0 Å². The van der Waals surface area contributed by atoms with Gasteiger partial charge >= 0.3 is 13.8 Å². The summed E-state index contributed by atoms with van der Waals surface area (Å²) >= 11 is 0. The number of benzene rings is 2. The van der Waals surface area contributed by atoms with E-state index in [0.717, 1.165) is 17.7 Å². The predicted octanol–water partition coefficient (Wildman–Crippen LogP) is 4.91. The Hall–Kier alpha value is -1.51. The SMILES string of the molecule is COP(=O)(OC)[C@H]1[C@@H](c2ccc(C(F)(F)F)cc2)N1[S@@](=O)c1ccc(C)cc1. The van der Waals surface area contributed by atoms with Crippen molar-refractivity contribution in [3.63, 3.8) is 0 Å².